The summed E-state index contributed by atoms with van der Waals surface area (Å²) >= 11 is 1.47. The second-order valence-electron chi connectivity index (χ2n) is 7.83. The SMILES string of the molecule is CC1(C)OC(c2cscn2)=C(c2ccc(OCc3ccc4ccccc4n3)cc2)C1=O. The zero-order valence-electron chi connectivity index (χ0n) is 17.2. The Balaban J connectivity index is 1.37. The summed E-state index contributed by atoms with van der Waals surface area (Å²) in [6, 6.07) is 19.5. The number of carbonyl (C=O) groups is 1. The van der Waals surface area contributed by atoms with Crippen LogP contribution in [0.15, 0.2) is 71.6 Å². The highest BCUT2D eigenvalue weighted by atomic mass is 32.1. The second-order valence-corrected chi connectivity index (χ2v) is 8.55. The van der Waals surface area contributed by atoms with Crippen LogP contribution in [-0.2, 0) is 16.1 Å². The summed E-state index contributed by atoms with van der Waals surface area (Å²) in [5, 5.41) is 2.99. The molecule has 1 aliphatic heterocycles. The first-order valence-corrected chi connectivity index (χ1v) is 10.9. The van der Waals surface area contributed by atoms with Crippen molar-refractivity contribution in [1.29, 1.82) is 0 Å². The van der Waals surface area contributed by atoms with Gasteiger partial charge in [0.1, 0.15) is 18.1 Å². The molecular weight excluding hydrogens is 408 g/mol. The fourth-order valence-corrected chi connectivity index (χ4v) is 4.12. The summed E-state index contributed by atoms with van der Waals surface area (Å²) < 4.78 is 11.9. The minimum atomic E-state index is -0.912. The number of pyridine rings is 1. The third kappa shape index (κ3) is 3.70. The van der Waals surface area contributed by atoms with Gasteiger partial charge in [0.05, 0.1) is 22.3 Å². The number of para-hydroxylation sites is 1. The van der Waals surface area contributed by atoms with Crippen LogP contribution < -0.4 is 4.74 Å². The summed E-state index contributed by atoms with van der Waals surface area (Å²) in [6.45, 7) is 3.93. The van der Waals surface area contributed by atoms with Gasteiger partial charge in [0.15, 0.2) is 11.4 Å². The van der Waals surface area contributed by atoms with E-state index in [1.54, 1.807) is 19.4 Å². The van der Waals surface area contributed by atoms with E-state index in [-0.39, 0.29) is 5.78 Å². The van der Waals surface area contributed by atoms with Crippen molar-refractivity contribution >= 4 is 39.4 Å². The number of ketones is 1. The maximum Gasteiger partial charge on any atom is 0.210 e. The summed E-state index contributed by atoms with van der Waals surface area (Å²) in [5.41, 5.74) is 4.65. The van der Waals surface area contributed by atoms with Crippen LogP contribution in [0.1, 0.15) is 30.8 Å². The van der Waals surface area contributed by atoms with E-state index in [1.807, 2.05) is 66.0 Å². The van der Waals surface area contributed by atoms with Gasteiger partial charge in [0.2, 0.25) is 5.78 Å². The van der Waals surface area contributed by atoms with Gasteiger partial charge in [-0.2, -0.15) is 0 Å². The number of benzene rings is 2. The molecule has 0 amide bonds. The average molecular weight is 429 g/mol. The molecule has 0 spiro atoms. The van der Waals surface area contributed by atoms with Crippen molar-refractivity contribution in [2.45, 2.75) is 26.1 Å². The predicted octanol–water partition coefficient (Wildman–Crippen LogP) is 5.52. The number of ether oxygens (including phenoxy) is 2. The minimum absolute atomic E-state index is 0.0514. The molecule has 3 heterocycles. The molecule has 6 heteroatoms. The van der Waals surface area contributed by atoms with Crippen molar-refractivity contribution in [3.8, 4) is 5.75 Å². The molecule has 154 valence electrons. The summed E-state index contributed by atoms with van der Waals surface area (Å²) in [6.07, 6.45) is 0. The molecule has 0 fully saturated rings. The lowest BCUT2D eigenvalue weighted by Crippen LogP contribution is -2.29. The van der Waals surface area contributed by atoms with Gasteiger partial charge in [-0.05, 0) is 43.7 Å². The average Bonchev–Trinajstić information content (AvgIpc) is 3.39. The number of rotatable bonds is 5. The number of hydrogen-bond donors (Lipinski definition) is 0. The van der Waals surface area contributed by atoms with E-state index in [2.05, 4.69) is 9.97 Å². The molecule has 0 unspecified atom stereocenters. The molecule has 5 nitrogen and oxygen atoms in total. The van der Waals surface area contributed by atoms with Crippen LogP contribution in [0, 0.1) is 0 Å². The van der Waals surface area contributed by atoms with Crippen molar-refractivity contribution in [3.63, 3.8) is 0 Å². The van der Waals surface area contributed by atoms with E-state index in [4.69, 9.17) is 9.47 Å². The maximum atomic E-state index is 13.0. The first kappa shape index (κ1) is 19.5. The van der Waals surface area contributed by atoms with Crippen LogP contribution in [0.4, 0.5) is 0 Å². The number of fused-ring (bicyclic) bond motifs is 1. The van der Waals surface area contributed by atoms with E-state index < -0.39 is 5.60 Å². The van der Waals surface area contributed by atoms with Crippen LogP contribution in [0.3, 0.4) is 0 Å². The Kier molecular flexibility index (Phi) is 4.79. The highest BCUT2D eigenvalue weighted by Gasteiger charge is 2.43. The van der Waals surface area contributed by atoms with Gasteiger partial charge < -0.3 is 9.47 Å². The lowest BCUT2D eigenvalue weighted by atomic mass is 9.93. The zero-order valence-corrected chi connectivity index (χ0v) is 18.0. The van der Waals surface area contributed by atoms with Gasteiger partial charge in [0.25, 0.3) is 0 Å². The van der Waals surface area contributed by atoms with Gasteiger partial charge >= 0.3 is 0 Å². The smallest absolute Gasteiger partial charge is 0.210 e. The van der Waals surface area contributed by atoms with Crippen LogP contribution in [-0.4, -0.2) is 21.4 Å². The molecular formula is C25H20N2O3S. The number of Topliss-reactive ketones (excluding diaryl/α,β-unsaturated/α-hetero) is 1. The quantitative estimate of drug-likeness (QED) is 0.419. The van der Waals surface area contributed by atoms with Crippen molar-refractivity contribution in [2.75, 3.05) is 0 Å². The van der Waals surface area contributed by atoms with E-state index in [1.165, 1.54) is 11.3 Å². The van der Waals surface area contributed by atoms with E-state index >= 15 is 0 Å². The Morgan fingerprint density at radius 2 is 1.84 bits per heavy atom. The zero-order chi connectivity index (χ0) is 21.4. The van der Waals surface area contributed by atoms with Gasteiger partial charge in [-0.25, -0.2) is 9.97 Å². The first-order chi connectivity index (χ1) is 15.0. The molecule has 2 aromatic carbocycles. The molecule has 0 bridgehead atoms. The summed E-state index contributed by atoms with van der Waals surface area (Å²) in [7, 11) is 0. The van der Waals surface area contributed by atoms with E-state index in [9.17, 15) is 4.79 Å². The Labute approximate surface area is 184 Å². The molecule has 2 aromatic heterocycles. The third-order valence-electron chi connectivity index (χ3n) is 5.21. The molecule has 1 aliphatic rings. The molecule has 4 aromatic rings. The van der Waals surface area contributed by atoms with E-state index in [0.29, 0.717) is 29.4 Å². The van der Waals surface area contributed by atoms with Crippen molar-refractivity contribution in [2.24, 2.45) is 0 Å². The minimum Gasteiger partial charge on any atom is -0.487 e. The van der Waals surface area contributed by atoms with Crippen LogP contribution >= 0.6 is 11.3 Å². The van der Waals surface area contributed by atoms with Gasteiger partial charge in [-0.1, -0.05) is 36.4 Å². The number of thiazole rings is 1. The molecule has 5 rings (SSSR count). The third-order valence-corrected chi connectivity index (χ3v) is 5.80. The fraction of sp³-hybridized carbons (Fsp3) is 0.160. The van der Waals surface area contributed by atoms with Crippen molar-refractivity contribution < 1.29 is 14.3 Å². The Morgan fingerprint density at radius 3 is 2.61 bits per heavy atom. The predicted molar refractivity (Wildman–Crippen MR) is 122 cm³/mol. The standard InChI is InChI=1S/C25H20N2O3S/c1-25(2)24(28)22(23(30-25)21-14-31-15-26-21)17-8-11-19(12-9-17)29-13-18-10-7-16-5-3-4-6-20(16)27-18/h3-12,14-15H,13H2,1-2H3. The van der Waals surface area contributed by atoms with Crippen LogP contribution in [0.25, 0.3) is 22.2 Å². The summed E-state index contributed by atoms with van der Waals surface area (Å²) in [4.78, 5) is 22.0. The van der Waals surface area contributed by atoms with Crippen molar-refractivity contribution in [1.82, 2.24) is 9.97 Å². The van der Waals surface area contributed by atoms with Crippen LogP contribution in [0.2, 0.25) is 0 Å². The molecule has 31 heavy (non-hydrogen) atoms. The number of aromatic nitrogens is 2. The molecule has 0 saturated carbocycles. The largest absolute Gasteiger partial charge is 0.487 e. The van der Waals surface area contributed by atoms with Gasteiger partial charge in [-0.15, -0.1) is 11.3 Å². The maximum absolute atomic E-state index is 13.0. The molecule has 0 atom stereocenters. The Hall–Kier alpha value is -3.51. The van der Waals surface area contributed by atoms with Gasteiger partial charge in [0, 0.05) is 10.8 Å². The normalized spacial score (nSPS) is 15.4. The monoisotopic (exact) mass is 428 g/mol. The molecule has 0 saturated heterocycles. The van der Waals surface area contributed by atoms with E-state index in [0.717, 1.165) is 22.2 Å². The lowest BCUT2D eigenvalue weighted by Gasteiger charge is -2.17. The topological polar surface area (TPSA) is 61.3 Å². The molecule has 0 aliphatic carbocycles. The summed E-state index contributed by atoms with van der Waals surface area (Å²) in [5.74, 6) is 1.19. The van der Waals surface area contributed by atoms with Crippen LogP contribution in [0.5, 0.6) is 5.75 Å². The number of hydrogen-bond acceptors (Lipinski definition) is 6. The first-order valence-electron chi connectivity index (χ1n) is 9.96. The van der Waals surface area contributed by atoms with Gasteiger partial charge in [-0.3, -0.25) is 4.79 Å². The Morgan fingerprint density at radius 1 is 1.03 bits per heavy atom. The number of carbonyl (C=O) groups excluding carboxylic acids is 1. The second kappa shape index (κ2) is 7.63. The highest BCUT2D eigenvalue weighted by Crippen LogP contribution is 2.41. The van der Waals surface area contributed by atoms with Crippen molar-refractivity contribution in [3.05, 3.63) is 88.5 Å². The fourth-order valence-electron chi connectivity index (χ4n) is 3.59. The lowest BCUT2D eigenvalue weighted by molar-refractivity contribution is -0.125. The highest BCUT2D eigenvalue weighted by molar-refractivity contribution is 7.07. The number of nitrogens with zero attached hydrogens (tertiary/aromatic N) is 2. The molecule has 0 N–H and O–H groups in total. The molecule has 0 radical (unpaired) electrons. The Bertz CT molecular complexity index is 1290.